The van der Waals surface area contributed by atoms with Crippen LogP contribution in [0.15, 0.2) is 54.9 Å². The van der Waals surface area contributed by atoms with Crippen LogP contribution in [0, 0.1) is 0 Å². The number of hydrogen-bond donors (Lipinski definition) is 1. The van der Waals surface area contributed by atoms with Gasteiger partial charge in [0.25, 0.3) is 0 Å². The summed E-state index contributed by atoms with van der Waals surface area (Å²) in [4.78, 5) is 12.0. The van der Waals surface area contributed by atoms with Crippen LogP contribution in [0.5, 0.6) is 0 Å². The average Bonchev–Trinajstić information content (AvgIpc) is 2.82. The van der Waals surface area contributed by atoms with Crippen LogP contribution in [0.3, 0.4) is 0 Å². The Hall–Kier alpha value is -2.33. The Balaban J connectivity index is 1.76. The van der Waals surface area contributed by atoms with Crippen LogP contribution >= 0.6 is 11.6 Å². The first kappa shape index (κ1) is 12.7. The van der Waals surface area contributed by atoms with Crippen molar-refractivity contribution in [3.63, 3.8) is 0 Å². The van der Waals surface area contributed by atoms with Crippen LogP contribution in [0.2, 0.25) is 5.02 Å². The summed E-state index contributed by atoms with van der Waals surface area (Å²) in [5.41, 5.74) is 2.45. The van der Waals surface area contributed by atoms with Crippen LogP contribution in [0.4, 0.5) is 5.69 Å². The number of pyridine rings is 1. The van der Waals surface area contributed by atoms with Crippen molar-refractivity contribution in [1.29, 1.82) is 0 Å². The molecular weight excluding hydrogens is 274 g/mol. The fourth-order valence-corrected chi connectivity index (χ4v) is 2.27. The van der Waals surface area contributed by atoms with E-state index in [2.05, 4.69) is 10.4 Å². The molecular formula is C15H12ClN3O. The van der Waals surface area contributed by atoms with Crippen LogP contribution in [-0.2, 0) is 11.2 Å². The first-order valence-electron chi connectivity index (χ1n) is 6.19. The molecule has 2 aromatic heterocycles. The zero-order valence-electron chi connectivity index (χ0n) is 10.6. The van der Waals surface area contributed by atoms with Gasteiger partial charge in [0.1, 0.15) is 0 Å². The summed E-state index contributed by atoms with van der Waals surface area (Å²) in [6, 6.07) is 13.0. The second-order valence-corrected chi connectivity index (χ2v) is 4.88. The number of amides is 1. The smallest absolute Gasteiger partial charge is 0.228 e. The summed E-state index contributed by atoms with van der Waals surface area (Å²) in [6.07, 6.45) is 3.76. The minimum Gasteiger partial charge on any atom is -0.323 e. The number of carbonyl (C=O) groups excluding carboxylic acids is 1. The van der Waals surface area contributed by atoms with E-state index in [9.17, 15) is 4.79 Å². The lowest BCUT2D eigenvalue weighted by atomic mass is 10.1. The largest absolute Gasteiger partial charge is 0.323 e. The molecule has 0 radical (unpaired) electrons. The molecule has 20 heavy (non-hydrogen) atoms. The van der Waals surface area contributed by atoms with Crippen molar-refractivity contribution in [3.8, 4) is 0 Å². The molecule has 0 aliphatic heterocycles. The van der Waals surface area contributed by atoms with Gasteiger partial charge in [-0.25, -0.2) is 4.52 Å². The van der Waals surface area contributed by atoms with E-state index >= 15 is 0 Å². The number of hydrogen-bond acceptors (Lipinski definition) is 2. The number of rotatable bonds is 3. The molecule has 1 aromatic carbocycles. The van der Waals surface area contributed by atoms with E-state index in [4.69, 9.17) is 11.6 Å². The standard InChI is InChI=1S/C15H12ClN3O/c16-12-5-3-4-11(8-12)9-15(20)18-13-10-17-19-7-2-1-6-14(13)19/h1-8,10H,9H2,(H,18,20). The molecule has 2 heterocycles. The van der Waals surface area contributed by atoms with Crippen LogP contribution in [0.1, 0.15) is 5.56 Å². The number of benzene rings is 1. The number of halogens is 1. The summed E-state index contributed by atoms with van der Waals surface area (Å²) in [5.74, 6) is -0.0916. The van der Waals surface area contributed by atoms with Gasteiger partial charge in [-0.05, 0) is 29.8 Å². The highest BCUT2D eigenvalue weighted by molar-refractivity contribution is 6.30. The minimum absolute atomic E-state index is 0.0916. The Kier molecular flexibility index (Phi) is 3.39. The molecule has 0 saturated carbocycles. The predicted molar refractivity (Wildman–Crippen MR) is 79.0 cm³/mol. The summed E-state index contributed by atoms with van der Waals surface area (Å²) in [5, 5.41) is 7.67. The van der Waals surface area contributed by atoms with E-state index in [0.717, 1.165) is 11.1 Å². The Morgan fingerprint density at radius 2 is 2.15 bits per heavy atom. The molecule has 3 aromatic rings. The van der Waals surface area contributed by atoms with Crippen molar-refractivity contribution >= 4 is 28.7 Å². The lowest BCUT2D eigenvalue weighted by Crippen LogP contribution is -2.14. The van der Waals surface area contributed by atoms with Crippen molar-refractivity contribution in [2.45, 2.75) is 6.42 Å². The van der Waals surface area contributed by atoms with Crippen molar-refractivity contribution in [2.75, 3.05) is 5.32 Å². The maximum atomic E-state index is 12.0. The van der Waals surface area contributed by atoms with E-state index in [1.807, 2.05) is 36.5 Å². The normalized spacial score (nSPS) is 10.7. The molecule has 3 rings (SSSR count). The number of carbonyl (C=O) groups is 1. The van der Waals surface area contributed by atoms with Gasteiger partial charge in [0, 0.05) is 11.2 Å². The number of aromatic nitrogens is 2. The lowest BCUT2D eigenvalue weighted by Gasteiger charge is -2.04. The molecule has 4 nitrogen and oxygen atoms in total. The zero-order chi connectivity index (χ0) is 13.9. The van der Waals surface area contributed by atoms with E-state index in [-0.39, 0.29) is 12.3 Å². The van der Waals surface area contributed by atoms with Crippen molar-refractivity contribution in [1.82, 2.24) is 9.61 Å². The first-order valence-corrected chi connectivity index (χ1v) is 6.57. The Morgan fingerprint density at radius 3 is 3.00 bits per heavy atom. The molecule has 0 saturated heterocycles. The minimum atomic E-state index is -0.0916. The number of anilines is 1. The van der Waals surface area contributed by atoms with Crippen molar-refractivity contribution in [2.24, 2.45) is 0 Å². The third kappa shape index (κ3) is 2.65. The monoisotopic (exact) mass is 285 g/mol. The van der Waals surface area contributed by atoms with Gasteiger partial charge in [-0.15, -0.1) is 0 Å². The molecule has 1 N–H and O–H groups in total. The molecule has 1 amide bonds. The van der Waals surface area contributed by atoms with E-state index in [1.165, 1.54) is 0 Å². The molecule has 100 valence electrons. The molecule has 0 spiro atoms. The second kappa shape index (κ2) is 5.35. The molecule has 5 heteroatoms. The van der Waals surface area contributed by atoms with Crippen molar-refractivity contribution < 1.29 is 4.79 Å². The van der Waals surface area contributed by atoms with Crippen molar-refractivity contribution in [3.05, 3.63) is 65.4 Å². The third-order valence-electron chi connectivity index (χ3n) is 2.95. The highest BCUT2D eigenvalue weighted by atomic mass is 35.5. The van der Waals surface area contributed by atoms with Gasteiger partial charge in [0.15, 0.2) is 0 Å². The van der Waals surface area contributed by atoms with Crippen LogP contribution in [0.25, 0.3) is 5.52 Å². The maximum Gasteiger partial charge on any atom is 0.228 e. The predicted octanol–water partition coefficient (Wildman–Crippen LogP) is 3.17. The van der Waals surface area contributed by atoms with Gasteiger partial charge in [-0.1, -0.05) is 29.8 Å². The SMILES string of the molecule is O=C(Cc1cccc(Cl)c1)Nc1cnn2ccccc12. The zero-order valence-corrected chi connectivity index (χ0v) is 11.3. The molecule has 0 fully saturated rings. The lowest BCUT2D eigenvalue weighted by molar-refractivity contribution is -0.115. The van der Waals surface area contributed by atoms with Gasteiger partial charge in [-0.3, -0.25) is 4.79 Å². The summed E-state index contributed by atoms with van der Waals surface area (Å²) < 4.78 is 1.72. The van der Waals surface area contributed by atoms with Gasteiger partial charge in [0.2, 0.25) is 5.91 Å². The third-order valence-corrected chi connectivity index (χ3v) is 3.19. The average molecular weight is 286 g/mol. The molecule has 0 aliphatic rings. The van der Waals surface area contributed by atoms with E-state index in [1.54, 1.807) is 22.8 Å². The Labute approximate surface area is 121 Å². The molecule has 0 atom stereocenters. The molecule has 0 aliphatic carbocycles. The fourth-order valence-electron chi connectivity index (χ4n) is 2.06. The van der Waals surface area contributed by atoms with E-state index in [0.29, 0.717) is 10.7 Å². The number of fused-ring (bicyclic) bond motifs is 1. The topological polar surface area (TPSA) is 46.4 Å². The van der Waals surface area contributed by atoms with E-state index < -0.39 is 0 Å². The number of nitrogens with zero attached hydrogens (tertiary/aromatic N) is 2. The number of nitrogens with one attached hydrogen (secondary N) is 1. The maximum absolute atomic E-state index is 12.0. The Morgan fingerprint density at radius 1 is 1.25 bits per heavy atom. The molecule has 0 unspecified atom stereocenters. The summed E-state index contributed by atoms with van der Waals surface area (Å²) in [7, 11) is 0. The first-order chi connectivity index (χ1) is 9.72. The van der Waals surface area contributed by atoms with Gasteiger partial charge in [-0.2, -0.15) is 5.10 Å². The molecule has 0 bridgehead atoms. The fraction of sp³-hybridized carbons (Fsp3) is 0.0667. The van der Waals surface area contributed by atoms with Gasteiger partial charge >= 0.3 is 0 Å². The Bertz CT molecular complexity index is 766. The van der Waals surface area contributed by atoms with Gasteiger partial charge < -0.3 is 5.32 Å². The van der Waals surface area contributed by atoms with Crippen LogP contribution in [-0.4, -0.2) is 15.5 Å². The highest BCUT2D eigenvalue weighted by Gasteiger charge is 2.08. The van der Waals surface area contributed by atoms with Crippen LogP contribution < -0.4 is 5.32 Å². The quantitative estimate of drug-likeness (QED) is 0.803. The highest BCUT2D eigenvalue weighted by Crippen LogP contribution is 2.17. The van der Waals surface area contributed by atoms with Gasteiger partial charge in [0.05, 0.1) is 23.8 Å². The summed E-state index contributed by atoms with van der Waals surface area (Å²) >= 11 is 5.90. The second-order valence-electron chi connectivity index (χ2n) is 4.44. The summed E-state index contributed by atoms with van der Waals surface area (Å²) in [6.45, 7) is 0.